The Morgan fingerprint density at radius 3 is 2.53 bits per heavy atom. The maximum Gasteiger partial charge on any atom is 0.416 e. The van der Waals surface area contributed by atoms with E-state index in [4.69, 9.17) is 9.47 Å². The topological polar surface area (TPSA) is 67.7 Å². The molecule has 1 saturated heterocycles. The number of fused-ring (bicyclic) bond motifs is 1. The van der Waals surface area contributed by atoms with E-state index in [0.717, 1.165) is 30.7 Å². The zero-order valence-electron chi connectivity index (χ0n) is 16.8. The van der Waals surface area contributed by atoms with Crippen LogP contribution >= 0.6 is 0 Å². The van der Waals surface area contributed by atoms with Gasteiger partial charge in [-0.25, -0.2) is 4.98 Å². The molecule has 2 aliphatic rings. The molecule has 3 atom stereocenters. The summed E-state index contributed by atoms with van der Waals surface area (Å²) in [5.74, 6) is 0.556. The zero-order chi connectivity index (χ0) is 21.5. The number of aromatic nitrogens is 2. The maximum atomic E-state index is 12.8. The van der Waals surface area contributed by atoms with E-state index in [1.54, 1.807) is 6.20 Å². The first-order valence-corrected chi connectivity index (χ1v) is 9.81. The molecule has 4 rings (SSSR count). The number of methoxy groups -OCH3 is 2. The van der Waals surface area contributed by atoms with Gasteiger partial charge in [0.05, 0.1) is 25.3 Å². The Balaban J connectivity index is 1.50. The van der Waals surface area contributed by atoms with Crippen molar-refractivity contribution in [1.82, 2.24) is 14.9 Å². The Kier molecular flexibility index (Phi) is 5.36. The number of hydrogen-bond acceptors (Lipinski definition) is 6. The number of hydrogen-bond donors (Lipinski definition) is 1. The Hall–Kier alpha value is -2.39. The zero-order valence-corrected chi connectivity index (χ0v) is 16.8. The fraction of sp³-hybridized carbons (Fsp3) is 0.524. The summed E-state index contributed by atoms with van der Waals surface area (Å²) in [6, 6.07) is 5.43. The minimum absolute atomic E-state index is 0.0298. The first-order valence-electron chi connectivity index (χ1n) is 9.81. The first kappa shape index (κ1) is 20.9. The van der Waals surface area contributed by atoms with Crippen molar-refractivity contribution in [2.24, 2.45) is 11.8 Å². The van der Waals surface area contributed by atoms with Crippen LogP contribution in [0.5, 0.6) is 11.9 Å². The van der Waals surface area contributed by atoms with Crippen molar-refractivity contribution >= 4 is 0 Å². The van der Waals surface area contributed by atoms with E-state index >= 15 is 0 Å². The van der Waals surface area contributed by atoms with E-state index in [2.05, 4.69) is 14.9 Å². The van der Waals surface area contributed by atoms with Crippen LogP contribution in [0.4, 0.5) is 13.2 Å². The van der Waals surface area contributed by atoms with Gasteiger partial charge in [-0.15, -0.1) is 0 Å². The van der Waals surface area contributed by atoms with E-state index in [9.17, 15) is 18.3 Å². The highest BCUT2D eigenvalue weighted by atomic mass is 19.4. The second kappa shape index (κ2) is 7.70. The summed E-state index contributed by atoms with van der Waals surface area (Å²) in [6.07, 6.45) is -1.34. The van der Waals surface area contributed by atoms with E-state index in [0.29, 0.717) is 31.0 Å². The molecule has 1 aliphatic carbocycles. The quantitative estimate of drug-likeness (QED) is 0.797. The molecule has 1 aromatic carbocycles. The van der Waals surface area contributed by atoms with E-state index in [1.165, 1.54) is 26.4 Å². The predicted molar refractivity (Wildman–Crippen MR) is 102 cm³/mol. The molecule has 1 aliphatic heterocycles. The van der Waals surface area contributed by atoms with Crippen molar-refractivity contribution in [2.45, 2.75) is 31.2 Å². The van der Waals surface area contributed by atoms with Gasteiger partial charge in [0.1, 0.15) is 5.60 Å². The van der Waals surface area contributed by atoms with Gasteiger partial charge in [0.25, 0.3) is 0 Å². The number of likely N-dealkylation sites (tertiary alicyclic amines) is 1. The molecule has 0 radical (unpaired) electrons. The van der Waals surface area contributed by atoms with Gasteiger partial charge in [-0.3, -0.25) is 4.90 Å². The fourth-order valence-corrected chi connectivity index (χ4v) is 4.81. The van der Waals surface area contributed by atoms with Gasteiger partial charge in [-0.2, -0.15) is 18.2 Å². The summed E-state index contributed by atoms with van der Waals surface area (Å²) in [4.78, 5) is 10.5. The molecule has 9 heteroatoms. The molecule has 30 heavy (non-hydrogen) atoms. The number of halogens is 3. The van der Waals surface area contributed by atoms with E-state index < -0.39 is 17.3 Å². The highest BCUT2D eigenvalue weighted by molar-refractivity contribution is 5.34. The van der Waals surface area contributed by atoms with Crippen molar-refractivity contribution in [3.05, 3.63) is 47.2 Å². The third-order valence-corrected chi connectivity index (χ3v) is 6.29. The second-order valence-corrected chi connectivity index (χ2v) is 8.00. The Bertz CT molecular complexity index is 907. The van der Waals surface area contributed by atoms with Gasteiger partial charge in [-0.05, 0) is 36.5 Å². The maximum absolute atomic E-state index is 12.8. The summed E-state index contributed by atoms with van der Waals surface area (Å²) in [5, 5.41) is 11.6. The molecule has 1 saturated carbocycles. The molecule has 1 aromatic heterocycles. The Morgan fingerprint density at radius 2 is 1.90 bits per heavy atom. The normalized spacial score (nSPS) is 26.6. The molecular formula is C21H24F3N3O3. The number of nitrogens with zero attached hydrogens (tertiary/aromatic N) is 3. The fourth-order valence-electron chi connectivity index (χ4n) is 4.81. The van der Waals surface area contributed by atoms with Crippen LogP contribution in [-0.4, -0.2) is 47.3 Å². The number of rotatable bonds is 5. The average Bonchev–Trinajstić information content (AvgIpc) is 3.27. The number of alkyl halides is 3. The lowest BCUT2D eigenvalue weighted by molar-refractivity contribution is -0.137. The summed E-state index contributed by atoms with van der Waals surface area (Å²) >= 11 is 0. The van der Waals surface area contributed by atoms with Gasteiger partial charge < -0.3 is 14.6 Å². The third kappa shape index (κ3) is 3.72. The largest absolute Gasteiger partial charge is 0.481 e. The lowest BCUT2D eigenvalue weighted by atomic mass is 9.83. The summed E-state index contributed by atoms with van der Waals surface area (Å²) < 4.78 is 48.7. The average molecular weight is 423 g/mol. The standard InChI is InChI=1S/C21H24F3N3O3/c1-29-18-16(9-25-19(26-18)30-2)20(28)8-7-14-11-27(12-17(14)20)10-13-3-5-15(6-4-13)21(22,23)24/h3-6,9,14,17,28H,7-8,10-12H2,1-2H3/t14-,17+,20+/m0/s1. The van der Waals surface area contributed by atoms with Crippen molar-refractivity contribution in [2.75, 3.05) is 27.3 Å². The summed E-state index contributed by atoms with van der Waals surface area (Å²) in [5.41, 5.74) is -0.394. The van der Waals surface area contributed by atoms with Crippen molar-refractivity contribution < 1.29 is 27.8 Å². The molecule has 2 aromatic rings. The van der Waals surface area contributed by atoms with Gasteiger partial charge >= 0.3 is 12.2 Å². The molecule has 0 spiro atoms. The monoisotopic (exact) mass is 423 g/mol. The second-order valence-electron chi connectivity index (χ2n) is 8.00. The lowest BCUT2D eigenvalue weighted by Crippen LogP contribution is -2.35. The number of aliphatic hydroxyl groups is 1. The smallest absolute Gasteiger partial charge is 0.416 e. The molecule has 0 amide bonds. The molecule has 162 valence electrons. The van der Waals surface area contributed by atoms with Gasteiger partial charge in [0.15, 0.2) is 0 Å². The highest BCUT2D eigenvalue weighted by Crippen LogP contribution is 2.52. The Morgan fingerprint density at radius 1 is 1.17 bits per heavy atom. The predicted octanol–water partition coefficient (Wildman–Crippen LogP) is 3.24. The van der Waals surface area contributed by atoms with Crippen LogP contribution in [0.3, 0.4) is 0 Å². The summed E-state index contributed by atoms with van der Waals surface area (Å²) in [6.45, 7) is 1.96. The molecule has 2 heterocycles. The number of ether oxygens (including phenoxy) is 2. The summed E-state index contributed by atoms with van der Waals surface area (Å²) in [7, 11) is 2.96. The van der Waals surface area contributed by atoms with Crippen LogP contribution < -0.4 is 9.47 Å². The molecule has 1 N–H and O–H groups in total. The van der Waals surface area contributed by atoms with Crippen LogP contribution in [0.1, 0.15) is 29.5 Å². The lowest BCUT2D eigenvalue weighted by Gasteiger charge is -2.31. The van der Waals surface area contributed by atoms with Gasteiger partial charge in [-0.1, -0.05) is 12.1 Å². The van der Waals surface area contributed by atoms with Crippen LogP contribution in [0.25, 0.3) is 0 Å². The first-order chi connectivity index (χ1) is 14.2. The van der Waals surface area contributed by atoms with Gasteiger partial charge in [0.2, 0.25) is 5.88 Å². The Labute approximate surface area is 172 Å². The molecule has 6 nitrogen and oxygen atoms in total. The number of benzene rings is 1. The highest BCUT2D eigenvalue weighted by Gasteiger charge is 2.53. The van der Waals surface area contributed by atoms with E-state index in [-0.39, 0.29) is 17.8 Å². The molecule has 0 bridgehead atoms. The van der Waals surface area contributed by atoms with Crippen LogP contribution in [0.2, 0.25) is 0 Å². The van der Waals surface area contributed by atoms with Gasteiger partial charge in [0, 0.05) is 31.7 Å². The van der Waals surface area contributed by atoms with E-state index in [1.807, 2.05) is 0 Å². The minimum Gasteiger partial charge on any atom is -0.481 e. The SMILES string of the molecule is COc1ncc([C@]2(O)CC[C@H]3CN(Cc4ccc(C(F)(F)F)cc4)C[C@H]32)c(OC)n1. The third-order valence-electron chi connectivity index (χ3n) is 6.29. The van der Waals surface area contributed by atoms with Crippen LogP contribution in [-0.2, 0) is 18.3 Å². The van der Waals surface area contributed by atoms with Crippen LogP contribution in [0.15, 0.2) is 30.5 Å². The van der Waals surface area contributed by atoms with Crippen molar-refractivity contribution in [1.29, 1.82) is 0 Å². The van der Waals surface area contributed by atoms with Crippen molar-refractivity contribution in [3.63, 3.8) is 0 Å². The molecule has 0 unspecified atom stereocenters. The van der Waals surface area contributed by atoms with Crippen molar-refractivity contribution in [3.8, 4) is 11.9 Å². The molecule has 2 fully saturated rings. The minimum atomic E-state index is -4.33. The molecular weight excluding hydrogens is 399 g/mol. The van der Waals surface area contributed by atoms with Crippen LogP contribution in [0, 0.1) is 11.8 Å².